The van der Waals surface area contributed by atoms with Crippen LogP contribution in [0.25, 0.3) is 6.08 Å². The Hall–Kier alpha value is -3.44. The molecule has 0 unspecified atom stereocenters. The van der Waals surface area contributed by atoms with Crippen LogP contribution in [0.2, 0.25) is 0 Å². The molecule has 162 valence electrons. The number of halogens is 1. The normalized spacial score (nSPS) is 16.5. The number of ether oxygens (including phenoxy) is 2. The van der Waals surface area contributed by atoms with Crippen LogP contribution in [0.1, 0.15) is 38.2 Å². The predicted octanol–water partition coefficient (Wildman–Crippen LogP) is 5.45. The zero-order valence-corrected chi connectivity index (χ0v) is 18.2. The number of allylic oxidation sites excluding steroid dienone is 1. The summed E-state index contributed by atoms with van der Waals surface area (Å²) >= 11 is 0. The number of fused-ring (bicyclic) bond motifs is 3. The van der Waals surface area contributed by atoms with Gasteiger partial charge in [0.15, 0.2) is 5.76 Å². The molecule has 2 heterocycles. The second-order valence-electron chi connectivity index (χ2n) is 8.43. The maximum Gasteiger partial charge on any atom is 0.232 e. The fourth-order valence-electron chi connectivity index (χ4n) is 4.27. The molecule has 0 saturated heterocycles. The van der Waals surface area contributed by atoms with Gasteiger partial charge < -0.3 is 9.47 Å². The van der Waals surface area contributed by atoms with Gasteiger partial charge in [0.25, 0.3) is 0 Å². The molecule has 5 rings (SSSR count). The minimum atomic E-state index is -0.230. The third-order valence-corrected chi connectivity index (χ3v) is 5.96. The van der Waals surface area contributed by atoms with E-state index in [2.05, 4.69) is 4.90 Å². The molecule has 0 aromatic heterocycles. The van der Waals surface area contributed by atoms with Crippen LogP contribution in [0.5, 0.6) is 11.5 Å². The van der Waals surface area contributed by atoms with Gasteiger partial charge in [0.2, 0.25) is 5.78 Å². The van der Waals surface area contributed by atoms with Crippen LogP contribution < -0.4 is 9.47 Å². The first-order chi connectivity index (χ1) is 15.5. The van der Waals surface area contributed by atoms with Crippen LogP contribution in [0.15, 0.2) is 60.4 Å². The Kier molecular flexibility index (Phi) is 5.27. The fourth-order valence-corrected chi connectivity index (χ4v) is 4.27. The Morgan fingerprint density at radius 1 is 1.09 bits per heavy atom. The predicted molar refractivity (Wildman–Crippen MR) is 121 cm³/mol. The average Bonchev–Trinajstić information content (AvgIpc) is 3.10. The molecule has 5 heteroatoms. The summed E-state index contributed by atoms with van der Waals surface area (Å²) in [6.07, 6.45) is 2.59. The standard InChI is InChI=1S/C27H24FNO3/c1-17-4-3-5-20(12-17)14-24-26(30)25-18(2)13-23-22(27(25)32-24)15-29(16-31-23)11-10-19-6-8-21(28)9-7-19/h3-9,12-14H,10-11,15-16H2,1-2H3/b24-14+. The average molecular weight is 429 g/mol. The number of benzene rings is 3. The van der Waals surface area contributed by atoms with Gasteiger partial charge in [-0.1, -0.05) is 42.0 Å². The first kappa shape index (κ1) is 20.5. The Morgan fingerprint density at radius 2 is 1.91 bits per heavy atom. The highest BCUT2D eigenvalue weighted by molar-refractivity contribution is 6.15. The molecule has 0 atom stereocenters. The molecule has 0 amide bonds. The molecule has 0 fully saturated rings. The molecule has 0 spiro atoms. The van der Waals surface area contributed by atoms with E-state index in [1.807, 2.05) is 44.2 Å². The fraction of sp³-hybridized carbons (Fsp3) is 0.222. The number of aryl methyl sites for hydroxylation is 2. The molecule has 4 nitrogen and oxygen atoms in total. The second kappa shape index (κ2) is 8.24. The third kappa shape index (κ3) is 3.92. The zero-order valence-electron chi connectivity index (χ0n) is 18.2. The molecule has 2 aliphatic rings. The van der Waals surface area contributed by atoms with Crippen molar-refractivity contribution in [2.45, 2.75) is 26.8 Å². The van der Waals surface area contributed by atoms with Gasteiger partial charge in [-0.05, 0) is 61.2 Å². The molecule has 0 saturated carbocycles. The van der Waals surface area contributed by atoms with Gasteiger partial charge in [0.05, 0.1) is 11.1 Å². The highest BCUT2D eigenvalue weighted by Crippen LogP contribution is 2.44. The minimum Gasteiger partial charge on any atom is -0.478 e. The monoisotopic (exact) mass is 429 g/mol. The van der Waals surface area contributed by atoms with Crippen molar-refractivity contribution in [1.29, 1.82) is 0 Å². The van der Waals surface area contributed by atoms with Gasteiger partial charge in [-0.15, -0.1) is 0 Å². The summed E-state index contributed by atoms with van der Waals surface area (Å²) in [6.45, 7) is 5.79. The number of hydrogen-bond acceptors (Lipinski definition) is 4. The smallest absolute Gasteiger partial charge is 0.232 e. The Bertz CT molecular complexity index is 1230. The van der Waals surface area contributed by atoms with Crippen molar-refractivity contribution in [2.75, 3.05) is 13.3 Å². The molecule has 3 aromatic rings. The van der Waals surface area contributed by atoms with Crippen molar-refractivity contribution < 1.29 is 18.7 Å². The molecule has 2 aliphatic heterocycles. The number of ketones is 1. The number of carbonyl (C=O) groups is 1. The van der Waals surface area contributed by atoms with Gasteiger partial charge in [0, 0.05) is 13.1 Å². The number of carbonyl (C=O) groups excluding carboxylic acids is 1. The SMILES string of the molecule is Cc1cccc(/C=C2/Oc3c4c(cc(C)c3C2=O)OCN(CCc2ccc(F)cc2)C4)c1. The first-order valence-electron chi connectivity index (χ1n) is 10.7. The number of rotatable bonds is 4. The van der Waals surface area contributed by atoms with Gasteiger partial charge in [-0.25, -0.2) is 4.39 Å². The van der Waals surface area contributed by atoms with Gasteiger partial charge in [0.1, 0.15) is 24.0 Å². The lowest BCUT2D eigenvalue weighted by molar-refractivity contribution is 0.0949. The second-order valence-corrected chi connectivity index (χ2v) is 8.43. The molecule has 3 aromatic carbocycles. The Morgan fingerprint density at radius 3 is 2.69 bits per heavy atom. The lowest BCUT2D eigenvalue weighted by Gasteiger charge is -2.30. The van der Waals surface area contributed by atoms with Crippen LogP contribution in [-0.4, -0.2) is 24.0 Å². The molecular weight excluding hydrogens is 405 g/mol. The van der Waals surface area contributed by atoms with Crippen molar-refractivity contribution in [3.05, 3.63) is 99.6 Å². The first-order valence-corrected chi connectivity index (χ1v) is 10.7. The molecule has 0 bridgehead atoms. The quantitative estimate of drug-likeness (QED) is 0.517. The molecule has 0 radical (unpaired) electrons. The van der Waals surface area contributed by atoms with E-state index in [1.54, 1.807) is 18.2 Å². The highest BCUT2D eigenvalue weighted by Gasteiger charge is 2.35. The van der Waals surface area contributed by atoms with Crippen LogP contribution in [0, 0.1) is 19.7 Å². The molecule has 32 heavy (non-hydrogen) atoms. The Labute approximate surface area is 186 Å². The maximum absolute atomic E-state index is 13.2. The van der Waals surface area contributed by atoms with E-state index in [1.165, 1.54) is 12.1 Å². The summed E-state index contributed by atoms with van der Waals surface area (Å²) in [5, 5.41) is 0. The van der Waals surface area contributed by atoms with Crippen molar-refractivity contribution >= 4 is 11.9 Å². The number of Topliss-reactive ketones (excluding diaryl/α,β-unsaturated/α-hetero) is 1. The van der Waals surface area contributed by atoms with Crippen molar-refractivity contribution in [1.82, 2.24) is 4.90 Å². The van der Waals surface area contributed by atoms with E-state index < -0.39 is 0 Å². The summed E-state index contributed by atoms with van der Waals surface area (Å²) in [4.78, 5) is 15.3. The van der Waals surface area contributed by atoms with E-state index in [-0.39, 0.29) is 11.6 Å². The molecular formula is C27H24FNO3. The van der Waals surface area contributed by atoms with Crippen LogP contribution >= 0.6 is 0 Å². The van der Waals surface area contributed by atoms with Crippen LogP contribution in [-0.2, 0) is 13.0 Å². The van der Waals surface area contributed by atoms with E-state index >= 15 is 0 Å². The topological polar surface area (TPSA) is 38.8 Å². The molecule has 0 aliphatic carbocycles. The van der Waals surface area contributed by atoms with Crippen LogP contribution in [0.3, 0.4) is 0 Å². The Balaban J connectivity index is 1.39. The minimum absolute atomic E-state index is 0.0924. The summed E-state index contributed by atoms with van der Waals surface area (Å²) in [5.74, 6) is 1.39. The largest absolute Gasteiger partial charge is 0.478 e. The summed E-state index contributed by atoms with van der Waals surface area (Å²) in [5.41, 5.74) is 5.51. The van der Waals surface area contributed by atoms with E-state index in [9.17, 15) is 9.18 Å². The maximum atomic E-state index is 13.2. The summed E-state index contributed by atoms with van der Waals surface area (Å²) in [7, 11) is 0. The third-order valence-electron chi connectivity index (χ3n) is 5.96. The summed E-state index contributed by atoms with van der Waals surface area (Å²) in [6, 6.07) is 16.5. The lowest BCUT2D eigenvalue weighted by Crippen LogP contribution is -2.33. The number of nitrogens with zero attached hydrogens (tertiary/aromatic N) is 1. The van der Waals surface area contributed by atoms with E-state index in [4.69, 9.17) is 9.47 Å². The number of hydrogen-bond donors (Lipinski definition) is 0. The van der Waals surface area contributed by atoms with Crippen molar-refractivity contribution in [3.8, 4) is 11.5 Å². The van der Waals surface area contributed by atoms with Crippen LogP contribution in [0.4, 0.5) is 4.39 Å². The van der Waals surface area contributed by atoms with E-state index in [0.29, 0.717) is 30.3 Å². The van der Waals surface area contributed by atoms with E-state index in [0.717, 1.165) is 46.5 Å². The van der Waals surface area contributed by atoms with Gasteiger partial charge in [-0.3, -0.25) is 9.69 Å². The van der Waals surface area contributed by atoms with Crippen molar-refractivity contribution in [3.63, 3.8) is 0 Å². The zero-order chi connectivity index (χ0) is 22.2. The summed E-state index contributed by atoms with van der Waals surface area (Å²) < 4.78 is 25.3. The lowest BCUT2D eigenvalue weighted by atomic mass is 9.98. The highest BCUT2D eigenvalue weighted by atomic mass is 19.1. The van der Waals surface area contributed by atoms with Gasteiger partial charge in [-0.2, -0.15) is 0 Å². The molecule has 0 N–H and O–H groups in total. The van der Waals surface area contributed by atoms with Crippen molar-refractivity contribution in [2.24, 2.45) is 0 Å². The van der Waals surface area contributed by atoms with Gasteiger partial charge >= 0.3 is 0 Å².